The van der Waals surface area contributed by atoms with Crippen molar-refractivity contribution >= 4 is 16.3 Å². The van der Waals surface area contributed by atoms with E-state index in [1.807, 2.05) is 47.4 Å². The first-order chi connectivity index (χ1) is 10.2. The lowest BCUT2D eigenvalue weighted by Crippen LogP contribution is -1.93. The van der Waals surface area contributed by atoms with Crippen molar-refractivity contribution in [3.05, 3.63) is 47.5 Å². The molecule has 4 aromatic rings. The lowest BCUT2D eigenvalue weighted by molar-refractivity contribution is 0.741. The van der Waals surface area contributed by atoms with Crippen LogP contribution < -0.4 is 0 Å². The number of aromatic nitrogens is 5. The summed E-state index contributed by atoms with van der Waals surface area (Å²) in [5, 5.41) is 11.1. The van der Waals surface area contributed by atoms with Crippen LogP contribution in [0, 0.1) is 6.92 Å². The minimum atomic E-state index is 0.669. The normalized spacial score (nSPS) is 11.3. The molecule has 0 unspecified atom stereocenters. The first-order valence-electron chi connectivity index (χ1n) is 6.63. The standard InChI is InChI=1S/C15H13N5S/c1-10-8-12(17-19(10)2)14-16-15-20(18-14)13(9-21-15)11-6-4-3-5-7-11/h3-9H,1-2H3. The average Bonchev–Trinajstić information content (AvgIpc) is 3.14. The highest BCUT2D eigenvalue weighted by atomic mass is 32.1. The van der Waals surface area contributed by atoms with Crippen molar-refractivity contribution in [1.29, 1.82) is 0 Å². The highest BCUT2D eigenvalue weighted by Gasteiger charge is 2.14. The zero-order chi connectivity index (χ0) is 14.4. The van der Waals surface area contributed by atoms with E-state index in [9.17, 15) is 0 Å². The zero-order valence-corrected chi connectivity index (χ0v) is 12.5. The molecular weight excluding hydrogens is 282 g/mol. The third kappa shape index (κ3) is 1.95. The first kappa shape index (κ1) is 12.3. The van der Waals surface area contributed by atoms with E-state index in [2.05, 4.69) is 32.7 Å². The summed E-state index contributed by atoms with van der Waals surface area (Å²) in [6.07, 6.45) is 0. The number of aryl methyl sites for hydroxylation is 2. The SMILES string of the molecule is Cc1cc(-c2nc3scc(-c4ccccc4)n3n2)nn1C. The molecule has 0 aliphatic rings. The Morgan fingerprint density at radius 2 is 1.90 bits per heavy atom. The second-order valence-electron chi connectivity index (χ2n) is 4.91. The molecule has 4 rings (SSSR count). The number of thiazole rings is 1. The van der Waals surface area contributed by atoms with Gasteiger partial charge in [0.05, 0.1) is 5.69 Å². The van der Waals surface area contributed by atoms with Crippen molar-refractivity contribution in [2.45, 2.75) is 6.92 Å². The molecule has 0 saturated heterocycles. The molecule has 0 spiro atoms. The van der Waals surface area contributed by atoms with Crippen molar-refractivity contribution in [3.8, 4) is 22.8 Å². The molecule has 1 aromatic carbocycles. The molecule has 104 valence electrons. The number of rotatable bonds is 2. The highest BCUT2D eigenvalue weighted by Crippen LogP contribution is 2.26. The van der Waals surface area contributed by atoms with Crippen LogP contribution in [0.1, 0.15) is 5.69 Å². The van der Waals surface area contributed by atoms with Crippen LogP contribution in [0.4, 0.5) is 0 Å². The molecule has 5 nitrogen and oxygen atoms in total. The Bertz CT molecular complexity index is 897. The van der Waals surface area contributed by atoms with Gasteiger partial charge in [0.25, 0.3) is 0 Å². The summed E-state index contributed by atoms with van der Waals surface area (Å²) in [6.45, 7) is 2.02. The maximum absolute atomic E-state index is 4.61. The van der Waals surface area contributed by atoms with Gasteiger partial charge < -0.3 is 0 Å². The number of nitrogens with zero attached hydrogens (tertiary/aromatic N) is 5. The minimum absolute atomic E-state index is 0.669. The monoisotopic (exact) mass is 295 g/mol. The smallest absolute Gasteiger partial charge is 0.213 e. The van der Waals surface area contributed by atoms with Crippen LogP contribution in [0.15, 0.2) is 41.8 Å². The predicted molar refractivity (Wildman–Crippen MR) is 83.2 cm³/mol. The minimum Gasteiger partial charge on any atom is -0.272 e. The maximum atomic E-state index is 4.61. The molecule has 3 aromatic heterocycles. The number of fused-ring (bicyclic) bond motifs is 1. The predicted octanol–water partition coefficient (Wildman–Crippen LogP) is 3.17. The lowest BCUT2D eigenvalue weighted by Gasteiger charge is -1.97. The summed E-state index contributed by atoms with van der Waals surface area (Å²) in [7, 11) is 1.92. The molecule has 0 aliphatic carbocycles. The van der Waals surface area contributed by atoms with Crippen LogP contribution in [-0.2, 0) is 7.05 Å². The Kier molecular flexibility index (Phi) is 2.65. The molecule has 21 heavy (non-hydrogen) atoms. The summed E-state index contributed by atoms with van der Waals surface area (Å²) in [6, 6.07) is 12.2. The average molecular weight is 295 g/mol. The summed E-state index contributed by atoms with van der Waals surface area (Å²) < 4.78 is 3.72. The van der Waals surface area contributed by atoms with E-state index in [0.29, 0.717) is 5.82 Å². The second-order valence-corrected chi connectivity index (χ2v) is 5.75. The number of benzene rings is 1. The van der Waals surface area contributed by atoms with E-state index in [4.69, 9.17) is 0 Å². The fourth-order valence-electron chi connectivity index (χ4n) is 2.27. The van der Waals surface area contributed by atoms with E-state index in [-0.39, 0.29) is 0 Å². The third-order valence-corrected chi connectivity index (χ3v) is 4.31. The largest absolute Gasteiger partial charge is 0.272 e. The molecule has 0 fully saturated rings. The van der Waals surface area contributed by atoms with Gasteiger partial charge in [-0.15, -0.1) is 16.4 Å². The van der Waals surface area contributed by atoms with Gasteiger partial charge in [-0.1, -0.05) is 30.3 Å². The van der Waals surface area contributed by atoms with Crippen LogP contribution in [0.3, 0.4) is 0 Å². The number of hydrogen-bond donors (Lipinski definition) is 0. The molecular formula is C15H13N5S. The van der Waals surface area contributed by atoms with Gasteiger partial charge in [-0.2, -0.15) is 10.1 Å². The summed E-state index contributed by atoms with van der Waals surface area (Å²) >= 11 is 1.59. The van der Waals surface area contributed by atoms with Crippen LogP contribution in [0.25, 0.3) is 27.7 Å². The van der Waals surface area contributed by atoms with Crippen molar-refractivity contribution in [2.75, 3.05) is 0 Å². The molecule has 6 heteroatoms. The van der Waals surface area contributed by atoms with E-state index in [1.165, 1.54) is 0 Å². The Balaban J connectivity index is 1.86. The van der Waals surface area contributed by atoms with Gasteiger partial charge in [0, 0.05) is 23.7 Å². The molecule has 0 saturated carbocycles. The Hall–Kier alpha value is -2.47. The van der Waals surface area contributed by atoms with Gasteiger partial charge in [0.2, 0.25) is 10.8 Å². The topological polar surface area (TPSA) is 48.0 Å². The Labute approximate surface area is 125 Å². The molecule has 0 bridgehead atoms. The summed E-state index contributed by atoms with van der Waals surface area (Å²) in [5.41, 5.74) is 4.09. The van der Waals surface area contributed by atoms with Crippen LogP contribution in [0.5, 0.6) is 0 Å². The molecule has 0 aliphatic heterocycles. The zero-order valence-electron chi connectivity index (χ0n) is 11.7. The van der Waals surface area contributed by atoms with Gasteiger partial charge in [-0.25, -0.2) is 4.52 Å². The summed E-state index contributed by atoms with van der Waals surface area (Å²) in [4.78, 5) is 5.46. The van der Waals surface area contributed by atoms with Crippen LogP contribution in [-0.4, -0.2) is 24.4 Å². The molecule has 0 atom stereocenters. The maximum Gasteiger partial charge on any atom is 0.213 e. The van der Waals surface area contributed by atoms with Crippen LogP contribution in [0.2, 0.25) is 0 Å². The van der Waals surface area contributed by atoms with Crippen molar-refractivity contribution < 1.29 is 0 Å². The fourth-order valence-corrected chi connectivity index (χ4v) is 3.10. The molecule has 0 N–H and O–H groups in total. The van der Waals surface area contributed by atoms with Gasteiger partial charge in [-0.3, -0.25) is 4.68 Å². The third-order valence-electron chi connectivity index (χ3n) is 3.49. The highest BCUT2D eigenvalue weighted by molar-refractivity contribution is 7.15. The van der Waals surface area contributed by atoms with Crippen molar-refractivity contribution in [2.24, 2.45) is 7.05 Å². The van der Waals surface area contributed by atoms with E-state index in [0.717, 1.165) is 27.6 Å². The van der Waals surface area contributed by atoms with Gasteiger partial charge in [0.1, 0.15) is 5.69 Å². The van der Waals surface area contributed by atoms with Gasteiger partial charge in [-0.05, 0) is 13.0 Å². The van der Waals surface area contributed by atoms with E-state index in [1.54, 1.807) is 11.3 Å². The van der Waals surface area contributed by atoms with Crippen molar-refractivity contribution in [1.82, 2.24) is 24.4 Å². The van der Waals surface area contributed by atoms with Crippen LogP contribution >= 0.6 is 11.3 Å². The van der Waals surface area contributed by atoms with Gasteiger partial charge in [0.15, 0.2) is 0 Å². The first-order valence-corrected chi connectivity index (χ1v) is 7.51. The van der Waals surface area contributed by atoms with E-state index < -0.39 is 0 Å². The number of hydrogen-bond acceptors (Lipinski definition) is 4. The second kappa shape index (κ2) is 4.53. The van der Waals surface area contributed by atoms with Gasteiger partial charge >= 0.3 is 0 Å². The molecule has 0 radical (unpaired) electrons. The quantitative estimate of drug-likeness (QED) is 0.570. The summed E-state index contributed by atoms with van der Waals surface area (Å²) in [5.74, 6) is 0.669. The Morgan fingerprint density at radius 1 is 1.10 bits per heavy atom. The van der Waals surface area contributed by atoms with Crippen molar-refractivity contribution in [3.63, 3.8) is 0 Å². The fraction of sp³-hybridized carbons (Fsp3) is 0.133. The molecule has 0 amide bonds. The molecule has 3 heterocycles. The van der Waals surface area contributed by atoms with E-state index >= 15 is 0 Å². The Morgan fingerprint density at radius 3 is 2.62 bits per heavy atom. The lowest BCUT2D eigenvalue weighted by atomic mass is 10.2.